The number of nitrogens with zero attached hydrogens (tertiary/aromatic N) is 5. The van der Waals surface area contributed by atoms with E-state index in [9.17, 15) is 0 Å². The molecule has 6 heteroatoms. The minimum absolute atomic E-state index is 0.716. The van der Waals surface area contributed by atoms with Crippen LogP contribution < -0.4 is 4.84 Å². The molecule has 2 fully saturated rings. The van der Waals surface area contributed by atoms with Gasteiger partial charge in [0.2, 0.25) is 0 Å². The Hall–Kier alpha value is -2.11. The molecule has 2 aliphatic rings. The lowest BCUT2D eigenvalue weighted by molar-refractivity contribution is -0.523. The van der Waals surface area contributed by atoms with Crippen molar-refractivity contribution in [2.24, 2.45) is 5.92 Å². The highest BCUT2D eigenvalue weighted by Crippen LogP contribution is 2.15. The van der Waals surface area contributed by atoms with E-state index in [2.05, 4.69) is 26.7 Å². The van der Waals surface area contributed by atoms with Crippen molar-refractivity contribution in [2.45, 2.75) is 26.2 Å². The number of aromatic nitrogens is 3. The molecule has 1 unspecified atom stereocenters. The first kappa shape index (κ1) is 13.5. The fourth-order valence-electron chi connectivity index (χ4n) is 3.32. The van der Waals surface area contributed by atoms with Gasteiger partial charge in [0.05, 0.1) is 26.2 Å². The van der Waals surface area contributed by atoms with E-state index in [1.54, 1.807) is 4.85 Å². The monoisotopic (exact) mass is 300 g/mol. The molecular weight excluding hydrogens is 278 g/mol. The summed E-state index contributed by atoms with van der Waals surface area (Å²) in [5.74, 6) is 0.716. The normalized spacial score (nSPS) is 24.2. The number of likely N-dealkylation sites (tertiary alicyclic amines) is 1. The Morgan fingerprint density at radius 2 is 2.09 bits per heavy atom. The van der Waals surface area contributed by atoms with Crippen LogP contribution in [0.2, 0.25) is 0 Å². The molecule has 2 aliphatic heterocycles. The van der Waals surface area contributed by atoms with E-state index in [0.717, 1.165) is 43.2 Å². The second-order valence-corrected chi connectivity index (χ2v) is 6.36. The van der Waals surface area contributed by atoms with E-state index in [-0.39, 0.29) is 0 Å². The standard InChI is InChI=1S/C16H22N5O/c1-13-8-11-20(12-13)16(19-9-4-5-10-19)22-21-15-7-3-2-6-14(15)17-18-21/h2-3,6-7,13H,4-5,8-12H2,1H3/q+1. The van der Waals surface area contributed by atoms with Crippen LogP contribution in [-0.2, 0) is 0 Å². The maximum Gasteiger partial charge on any atom is 0.472 e. The van der Waals surface area contributed by atoms with Crippen LogP contribution in [0.1, 0.15) is 26.2 Å². The number of fused-ring (bicyclic) bond motifs is 1. The van der Waals surface area contributed by atoms with Gasteiger partial charge < -0.3 is 0 Å². The van der Waals surface area contributed by atoms with Gasteiger partial charge in [0, 0.05) is 0 Å². The number of amidine groups is 1. The highest BCUT2D eigenvalue weighted by atomic mass is 16.7. The molecular formula is C16H22N5O+. The molecule has 0 saturated carbocycles. The van der Waals surface area contributed by atoms with Crippen LogP contribution in [0.25, 0.3) is 11.0 Å². The van der Waals surface area contributed by atoms with Gasteiger partial charge in [-0.1, -0.05) is 23.9 Å². The summed E-state index contributed by atoms with van der Waals surface area (Å²) in [6.45, 7) is 6.53. The van der Waals surface area contributed by atoms with Crippen molar-refractivity contribution in [1.29, 1.82) is 0 Å². The summed E-state index contributed by atoms with van der Waals surface area (Å²) in [4.78, 5) is 10.1. The second kappa shape index (κ2) is 5.59. The molecule has 22 heavy (non-hydrogen) atoms. The molecule has 2 aromatic rings. The van der Waals surface area contributed by atoms with Gasteiger partial charge in [0.15, 0.2) is 0 Å². The summed E-state index contributed by atoms with van der Waals surface area (Å²) >= 11 is 0. The van der Waals surface area contributed by atoms with E-state index in [1.165, 1.54) is 19.3 Å². The minimum atomic E-state index is 0.716. The maximum absolute atomic E-state index is 6.20. The van der Waals surface area contributed by atoms with E-state index < -0.39 is 0 Å². The molecule has 0 radical (unpaired) electrons. The van der Waals surface area contributed by atoms with Crippen LogP contribution in [0.5, 0.6) is 0 Å². The molecule has 1 atom stereocenters. The molecule has 3 heterocycles. The molecule has 116 valence electrons. The van der Waals surface area contributed by atoms with E-state index in [1.807, 2.05) is 24.3 Å². The molecule has 1 aromatic heterocycles. The molecule has 0 spiro atoms. The van der Waals surface area contributed by atoms with Crippen molar-refractivity contribution < 1.29 is 9.41 Å². The highest BCUT2D eigenvalue weighted by molar-refractivity contribution is 5.75. The molecule has 1 aromatic carbocycles. The lowest BCUT2D eigenvalue weighted by Gasteiger charge is -2.15. The lowest BCUT2D eigenvalue weighted by Crippen LogP contribution is -2.43. The summed E-state index contributed by atoms with van der Waals surface area (Å²) in [6.07, 6.45) is 3.68. The molecule has 4 rings (SSSR count). The number of rotatable bonds is 1. The first-order chi connectivity index (χ1) is 10.8. The zero-order chi connectivity index (χ0) is 14.9. The Morgan fingerprint density at radius 1 is 1.27 bits per heavy atom. The van der Waals surface area contributed by atoms with Gasteiger partial charge in [-0.2, -0.15) is 0 Å². The zero-order valence-electron chi connectivity index (χ0n) is 13.0. The van der Waals surface area contributed by atoms with Gasteiger partial charge >= 0.3 is 6.02 Å². The fourth-order valence-corrected chi connectivity index (χ4v) is 3.32. The van der Waals surface area contributed by atoms with Gasteiger partial charge in [-0.3, -0.25) is 4.84 Å². The van der Waals surface area contributed by atoms with Gasteiger partial charge in [0.1, 0.15) is 11.0 Å². The van der Waals surface area contributed by atoms with Crippen LogP contribution in [0.4, 0.5) is 0 Å². The van der Waals surface area contributed by atoms with Gasteiger partial charge in [-0.25, -0.2) is 9.48 Å². The smallest absolute Gasteiger partial charge is 0.278 e. The second-order valence-electron chi connectivity index (χ2n) is 6.36. The van der Waals surface area contributed by atoms with Crippen LogP contribution in [0.3, 0.4) is 0 Å². The Labute approximate surface area is 129 Å². The van der Waals surface area contributed by atoms with E-state index >= 15 is 0 Å². The van der Waals surface area contributed by atoms with Gasteiger partial charge in [-0.05, 0) is 42.5 Å². The Kier molecular flexibility index (Phi) is 3.44. The average Bonchev–Trinajstić information content (AvgIpc) is 3.25. The number of hydrogen-bond donors (Lipinski definition) is 0. The topological polar surface area (TPSA) is 46.2 Å². The SMILES string of the molecule is CC1CC[N+](=C(On2nnc3ccccc32)N2CCCC2)C1. The van der Waals surface area contributed by atoms with Crippen molar-refractivity contribution in [3.8, 4) is 0 Å². The van der Waals surface area contributed by atoms with Gasteiger partial charge in [-0.15, -0.1) is 5.10 Å². The molecule has 0 amide bonds. The summed E-state index contributed by atoms with van der Waals surface area (Å²) in [5, 5.41) is 8.34. The molecule has 0 aliphatic carbocycles. The van der Waals surface area contributed by atoms with E-state index in [4.69, 9.17) is 4.84 Å². The van der Waals surface area contributed by atoms with Crippen LogP contribution in [-0.4, -0.2) is 56.8 Å². The predicted octanol–water partition coefficient (Wildman–Crippen LogP) is 1.36. The summed E-state index contributed by atoms with van der Waals surface area (Å²) in [5.41, 5.74) is 1.77. The largest absolute Gasteiger partial charge is 0.472 e. The van der Waals surface area contributed by atoms with Crippen LogP contribution in [0, 0.1) is 5.92 Å². The number of benzene rings is 1. The van der Waals surface area contributed by atoms with Crippen molar-refractivity contribution >= 4 is 17.1 Å². The molecule has 0 bridgehead atoms. The van der Waals surface area contributed by atoms with Crippen molar-refractivity contribution in [1.82, 2.24) is 20.1 Å². The number of hydrogen-bond acceptors (Lipinski definition) is 3. The van der Waals surface area contributed by atoms with Crippen LogP contribution >= 0.6 is 0 Å². The third-order valence-corrected chi connectivity index (χ3v) is 4.56. The Balaban J connectivity index is 1.69. The summed E-state index contributed by atoms with van der Waals surface area (Å²) in [7, 11) is 0. The third kappa shape index (κ3) is 2.42. The van der Waals surface area contributed by atoms with Crippen molar-refractivity contribution in [3.63, 3.8) is 0 Å². The summed E-state index contributed by atoms with van der Waals surface area (Å²) < 4.78 is 2.35. The van der Waals surface area contributed by atoms with E-state index in [0.29, 0.717) is 5.92 Å². The summed E-state index contributed by atoms with van der Waals surface area (Å²) in [6, 6.07) is 8.84. The Morgan fingerprint density at radius 3 is 2.86 bits per heavy atom. The van der Waals surface area contributed by atoms with Crippen molar-refractivity contribution in [3.05, 3.63) is 24.3 Å². The molecule has 6 nitrogen and oxygen atoms in total. The zero-order valence-corrected chi connectivity index (χ0v) is 13.0. The quantitative estimate of drug-likeness (QED) is 0.589. The number of para-hydroxylation sites is 1. The van der Waals surface area contributed by atoms with Gasteiger partial charge in [0.25, 0.3) is 0 Å². The molecule has 0 N–H and O–H groups in total. The fraction of sp³-hybridized carbons (Fsp3) is 0.562. The Bertz CT molecular complexity index is 701. The van der Waals surface area contributed by atoms with Crippen molar-refractivity contribution in [2.75, 3.05) is 26.2 Å². The maximum atomic E-state index is 6.20. The predicted molar refractivity (Wildman–Crippen MR) is 83.7 cm³/mol. The lowest BCUT2D eigenvalue weighted by atomic mass is 10.2. The first-order valence-electron chi connectivity index (χ1n) is 8.17. The third-order valence-electron chi connectivity index (χ3n) is 4.56. The average molecular weight is 300 g/mol. The minimum Gasteiger partial charge on any atom is -0.278 e. The van der Waals surface area contributed by atoms with Crippen LogP contribution in [0.15, 0.2) is 24.3 Å². The first-order valence-corrected chi connectivity index (χ1v) is 8.17. The molecule has 2 saturated heterocycles. The highest BCUT2D eigenvalue weighted by Gasteiger charge is 2.33.